The second-order valence-corrected chi connectivity index (χ2v) is 7.22. The molecule has 0 saturated carbocycles. The molecule has 28 heavy (non-hydrogen) atoms. The lowest BCUT2D eigenvalue weighted by molar-refractivity contribution is -0.000995. The van der Waals surface area contributed by atoms with Gasteiger partial charge in [0.1, 0.15) is 11.9 Å². The average molecular weight is 387 g/mol. The van der Waals surface area contributed by atoms with Crippen LogP contribution in [0.1, 0.15) is 30.3 Å². The molecule has 10 heteroatoms. The second kappa shape index (κ2) is 6.69. The molecule has 0 aromatic carbocycles. The molecule has 0 unspecified atom stereocenters. The van der Waals surface area contributed by atoms with E-state index in [0.717, 1.165) is 28.8 Å². The molecule has 2 bridgehead atoms. The Morgan fingerprint density at radius 2 is 2.14 bits per heavy atom. The van der Waals surface area contributed by atoms with E-state index in [1.165, 1.54) is 0 Å². The van der Waals surface area contributed by atoms with Crippen LogP contribution < -0.4 is 10.1 Å². The number of anilines is 2. The van der Waals surface area contributed by atoms with E-state index in [4.69, 9.17) is 9.47 Å². The molecule has 148 valence electrons. The molecule has 5 rings (SSSR count). The van der Waals surface area contributed by atoms with Gasteiger partial charge in [-0.15, -0.1) is 5.10 Å². The number of hydrogen-bond acceptors (Lipinski definition) is 7. The summed E-state index contributed by atoms with van der Waals surface area (Å²) in [6, 6.07) is -0.368. The number of aromatic nitrogens is 6. The first-order chi connectivity index (χ1) is 13.6. The fraction of sp³-hybridized carbons (Fsp3) is 0.556. The zero-order chi connectivity index (χ0) is 19.3. The molecule has 2 aliphatic rings. The Morgan fingerprint density at radius 3 is 3.00 bits per heavy atom. The van der Waals surface area contributed by atoms with E-state index in [2.05, 4.69) is 25.5 Å². The number of rotatable bonds is 1. The lowest BCUT2D eigenvalue weighted by Gasteiger charge is -2.27. The first kappa shape index (κ1) is 17.4. The van der Waals surface area contributed by atoms with E-state index in [-0.39, 0.29) is 12.6 Å². The number of hydrogen-bond donors (Lipinski definition) is 1. The van der Waals surface area contributed by atoms with Crippen molar-refractivity contribution in [3.63, 3.8) is 0 Å². The molecule has 1 N–H and O–H groups in total. The van der Waals surface area contributed by atoms with Crippen molar-refractivity contribution in [3.05, 3.63) is 17.6 Å². The third-order valence-corrected chi connectivity index (χ3v) is 5.35. The molecule has 9 nitrogen and oxygen atoms in total. The van der Waals surface area contributed by atoms with Crippen LogP contribution in [-0.2, 0) is 11.3 Å². The van der Waals surface area contributed by atoms with Crippen LogP contribution in [0.25, 0.3) is 11.0 Å². The summed E-state index contributed by atoms with van der Waals surface area (Å²) < 4.78 is 29.2. The molecular weight excluding hydrogens is 365 g/mol. The van der Waals surface area contributed by atoms with Gasteiger partial charge in [0, 0.05) is 25.8 Å². The van der Waals surface area contributed by atoms with Gasteiger partial charge in [-0.1, -0.05) is 0 Å². The summed E-state index contributed by atoms with van der Waals surface area (Å²) in [5.74, 6) is 0.877. The smallest absolute Gasteiger partial charge is 0.257 e. The highest BCUT2D eigenvalue weighted by molar-refractivity contribution is 5.79. The molecule has 2 atom stereocenters. The van der Waals surface area contributed by atoms with Crippen molar-refractivity contribution in [2.24, 2.45) is 0 Å². The number of ether oxygens (including phenoxy) is 2. The molecule has 3 aromatic heterocycles. The average Bonchev–Trinajstić information content (AvgIpc) is 3.16. The summed E-state index contributed by atoms with van der Waals surface area (Å²) in [5.41, 5.74) is 3.15. The Hall–Kier alpha value is -2.75. The maximum atomic E-state index is 14.4. The fourth-order valence-corrected chi connectivity index (χ4v) is 3.85. The van der Waals surface area contributed by atoms with Crippen LogP contribution in [0.15, 0.2) is 6.20 Å². The van der Waals surface area contributed by atoms with Crippen molar-refractivity contribution in [1.82, 2.24) is 29.5 Å². The van der Waals surface area contributed by atoms with Gasteiger partial charge in [-0.05, 0) is 20.3 Å². The maximum absolute atomic E-state index is 14.4. The number of fused-ring (bicyclic) bond motifs is 2. The SMILES string of the molecule is Cc1nn2c3nc(ncc13)Nc1c(nn([C@H]3CCOC[C@@H]3F)c1C)OCCC2. The molecule has 3 aromatic rings. The van der Waals surface area contributed by atoms with Crippen LogP contribution >= 0.6 is 0 Å². The Labute approximate surface area is 160 Å². The summed E-state index contributed by atoms with van der Waals surface area (Å²) in [7, 11) is 0. The Bertz CT molecular complexity index is 1030. The monoisotopic (exact) mass is 387 g/mol. The van der Waals surface area contributed by atoms with Gasteiger partial charge >= 0.3 is 0 Å². The zero-order valence-electron chi connectivity index (χ0n) is 15.9. The molecule has 0 aliphatic carbocycles. The van der Waals surface area contributed by atoms with Crippen molar-refractivity contribution < 1.29 is 13.9 Å². The van der Waals surface area contributed by atoms with Crippen molar-refractivity contribution in [2.45, 2.75) is 45.4 Å². The largest absolute Gasteiger partial charge is 0.475 e. The number of halogens is 1. The molecule has 0 radical (unpaired) electrons. The maximum Gasteiger partial charge on any atom is 0.257 e. The molecule has 5 heterocycles. The number of nitrogens with one attached hydrogen (secondary N) is 1. The van der Waals surface area contributed by atoms with Crippen molar-refractivity contribution in [1.29, 1.82) is 0 Å². The van der Waals surface area contributed by atoms with Gasteiger partial charge in [0.15, 0.2) is 5.65 Å². The van der Waals surface area contributed by atoms with Crippen LogP contribution in [-0.4, -0.2) is 55.5 Å². The van der Waals surface area contributed by atoms with Crippen molar-refractivity contribution in [2.75, 3.05) is 25.1 Å². The van der Waals surface area contributed by atoms with Crippen LogP contribution in [0.2, 0.25) is 0 Å². The molecular formula is C18H22FN7O2. The Kier molecular flexibility index (Phi) is 4.15. The van der Waals surface area contributed by atoms with E-state index in [9.17, 15) is 4.39 Å². The summed E-state index contributed by atoms with van der Waals surface area (Å²) in [5, 5.41) is 13.3. The second-order valence-electron chi connectivity index (χ2n) is 7.22. The van der Waals surface area contributed by atoms with E-state index in [1.54, 1.807) is 10.9 Å². The minimum Gasteiger partial charge on any atom is -0.475 e. The lowest BCUT2D eigenvalue weighted by Crippen LogP contribution is -2.32. The van der Waals surface area contributed by atoms with E-state index in [1.807, 2.05) is 18.5 Å². The predicted octanol–water partition coefficient (Wildman–Crippen LogP) is 2.47. The lowest BCUT2D eigenvalue weighted by atomic mass is 10.1. The molecule has 0 amide bonds. The van der Waals surface area contributed by atoms with Crippen molar-refractivity contribution >= 4 is 22.7 Å². The van der Waals surface area contributed by atoms with Gasteiger partial charge in [-0.3, -0.25) is 4.68 Å². The molecule has 1 fully saturated rings. The zero-order valence-corrected chi connectivity index (χ0v) is 15.9. The number of aryl methyl sites for hydroxylation is 2. The minimum absolute atomic E-state index is 0.0893. The summed E-state index contributed by atoms with van der Waals surface area (Å²) in [4.78, 5) is 9.07. The minimum atomic E-state index is -1.10. The summed E-state index contributed by atoms with van der Waals surface area (Å²) in [6.45, 7) is 5.62. The third kappa shape index (κ3) is 2.79. The molecule has 2 aliphatic heterocycles. The van der Waals surface area contributed by atoms with Crippen LogP contribution in [0.4, 0.5) is 16.0 Å². The highest BCUT2D eigenvalue weighted by Gasteiger charge is 2.31. The van der Waals surface area contributed by atoms with Gasteiger partial charge in [-0.2, -0.15) is 10.1 Å². The van der Waals surface area contributed by atoms with Gasteiger partial charge in [0.05, 0.1) is 36.0 Å². The van der Waals surface area contributed by atoms with Crippen LogP contribution in [0.3, 0.4) is 0 Å². The number of nitrogens with zero attached hydrogens (tertiary/aromatic N) is 6. The Balaban J connectivity index is 1.58. The Morgan fingerprint density at radius 1 is 1.25 bits per heavy atom. The van der Waals surface area contributed by atoms with Gasteiger partial charge in [0.25, 0.3) is 5.88 Å². The molecule has 1 saturated heterocycles. The third-order valence-electron chi connectivity index (χ3n) is 5.35. The topological polar surface area (TPSA) is 91.9 Å². The quantitative estimate of drug-likeness (QED) is 0.686. The normalized spacial score (nSPS) is 22.4. The standard InChI is InChI=1S/C18H22FN7O2/c1-10-12-8-20-18-21-15-11(2)26(14-4-7-27-9-13(14)19)24-17(15)28-6-3-5-25(23-10)16(12)22-18/h8,13-14H,3-7,9H2,1-2H3,(H,20,21,22)/t13-,14-/m0/s1. The van der Waals surface area contributed by atoms with Gasteiger partial charge < -0.3 is 14.8 Å². The highest BCUT2D eigenvalue weighted by Crippen LogP contribution is 2.35. The first-order valence-corrected chi connectivity index (χ1v) is 9.52. The number of alkyl halides is 1. The fourth-order valence-electron chi connectivity index (χ4n) is 3.85. The van der Waals surface area contributed by atoms with Gasteiger partial charge in [-0.25, -0.2) is 14.1 Å². The van der Waals surface area contributed by atoms with E-state index in [0.29, 0.717) is 43.7 Å². The van der Waals surface area contributed by atoms with E-state index >= 15 is 0 Å². The first-order valence-electron chi connectivity index (χ1n) is 9.52. The van der Waals surface area contributed by atoms with Crippen LogP contribution in [0, 0.1) is 13.8 Å². The predicted molar refractivity (Wildman–Crippen MR) is 99.8 cm³/mol. The summed E-state index contributed by atoms with van der Waals surface area (Å²) in [6.07, 6.45) is 2.00. The summed E-state index contributed by atoms with van der Waals surface area (Å²) >= 11 is 0. The van der Waals surface area contributed by atoms with Crippen LogP contribution in [0.5, 0.6) is 5.88 Å². The highest BCUT2D eigenvalue weighted by atomic mass is 19.1. The van der Waals surface area contributed by atoms with Gasteiger partial charge in [0.2, 0.25) is 5.95 Å². The molecule has 0 spiro atoms. The van der Waals surface area contributed by atoms with Crippen molar-refractivity contribution in [3.8, 4) is 5.88 Å². The van der Waals surface area contributed by atoms with E-state index < -0.39 is 6.17 Å².